The van der Waals surface area contributed by atoms with Crippen LogP contribution in [0.5, 0.6) is 0 Å². The van der Waals surface area contributed by atoms with Crippen LogP contribution in [0, 0.1) is 0 Å². The summed E-state index contributed by atoms with van der Waals surface area (Å²) < 4.78 is 0. The highest BCUT2D eigenvalue weighted by Crippen LogP contribution is 2.08. The third kappa shape index (κ3) is 13.2. The molecule has 0 saturated heterocycles. The Hall–Kier alpha value is -0.830. The van der Waals surface area contributed by atoms with Crippen molar-refractivity contribution in [2.45, 2.75) is 51.4 Å². The molecule has 88 valence electrons. The fourth-order valence-corrected chi connectivity index (χ4v) is 1.46. The maximum Gasteiger partial charge on any atom is 0.303 e. The molecular formula is C12H23NO2. The second-order valence-electron chi connectivity index (χ2n) is 3.76. The van der Waals surface area contributed by atoms with E-state index in [9.17, 15) is 4.79 Å². The predicted molar refractivity (Wildman–Crippen MR) is 62.8 cm³/mol. The van der Waals surface area contributed by atoms with Crippen LogP contribution in [0.15, 0.2) is 12.2 Å². The second kappa shape index (κ2) is 11.2. The van der Waals surface area contributed by atoms with Gasteiger partial charge in [-0.05, 0) is 19.3 Å². The minimum Gasteiger partial charge on any atom is -0.481 e. The van der Waals surface area contributed by atoms with Gasteiger partial charge in [0.2, 0.25) is 0 Å². The summed E-state index contributed by atoms with van der Waals surface area (Å²) in [7, 11) is 0. The van der Waals surface area contributed by atoms with Crippen LogP contribution in [0.1, 0.15) is 51.4 Å². The molecule has 0 bridgehead atoms. The Morgan fingerprint density at radius 3 is 2.20 bits per heavy atom. The van der Waals surface area contributed by atoms with Gasteiger partial charge in [0.05, 0.1) is 0 Å². The van der Waals surface area contributed by atoms with Crippen molar-refractivity contribution in [3.8, 4) is 0 Å². The van der Waals surface area contributed by atoms with E-state index in [-0.39, 0.29) is 0 Å². The minimum atomic E-state index is -0.679. The van der Waals surface area contributed by atoms with Crippen LogP contribution < -0.4 is 5.73 Å². The molecule has 3 nitrogen and oxygen atoms in total. The highest BCUT2D eigenvalue weighted by Gasteiger charge is 1.95. The third-order valence-electron chi connectivity index (χ3n) is 2.31. The van der Waals surface area contributed by atoms with Crippen LogP contribution in [0.2, 0.25) is 0 Å². The summed E-state index contributed by atoms with van der Waals surface area (Å²) in [5.74, 6) is -0.679. The van der Waals surface area contributed by atoms with Crippen LogP contribution >= 0.6 is 0 Å². The van der Waals surface area contributed by atoms with Crippen LogP contribution in [-0.2, 0) is 4.79 Å². The molecule has 0 atom stereocenters. The Morgan fingerprint density at radius 1 is 1.00 bits per heavy atom. The summed E-state index contributed by atoms with van der Waals surface area (Å²) >= 11 is 0. The predicted octanol–water partition coefficient (Wildman–Crippen LogP) is 2.71. The van der Waals surface area contributed by atoms with Crippen molar-refractivity contribution in [3.05, 3.63) is 12.2 Å². The molecule has 0 unspecified atom stereocenters. The first kappa shape index (κ1) is 14.2. The summed E-state index contributed by atoms with van der Waals surface area (Å²) in [6.45, 7) is 0.634. The van der Waals surface area contributed by atoms with Crippen molar-refractivity contribution in [2.75, 3.05) is 6.54 Å². The van der Waals surface area contributed by atoms with E-state index in [2.05, 4.69) is 6.08 Å². The molecule has 0 fully saturated rings. The van der Waals surface area contributed by atoms with E-state index in [1.807, 2.05) is 6.08 Å². The Labute approximate surface area is 92.4 Å². The number of rotatable bonds is 10. The Balaban J connectivity index is 2.99. The number of carbonyl (C=O) groups is 1. The number of nitrogens with two attached hydrogens (primary N) is 1. The van der Waals surface area contributed by atoms with Crippen molar-refractivity contribution in [2.24, 2.45) is 5.73 Å². The lowest BCUT2D eigenvalue weighted by Crippen LogP contribution is -1.93. The van der Waals surface area contributed by atoms with Gasteiger partial charge in [-0.15, -0.1) is 0 Å². The van der Waals surface area contributed by atoms with Crippen molar-refractivity contribution in [1.82, 2.24) is 0 Å². The molecule has 0 aromatic carbocycles. The average molecular weight is 213 g/mol. The van der Waals surface area contributed by atoms with Crippen molar-refractivity contribution in [1.29, 1.82) is 0 Å². The lowest BCUT2D eigenvalue weighted by Gasteiger charge is -1.99. The molecule has 15 heavy (non-hydrogen) atoms. The van der Waals surface area contributed by atoms with Crippen molar-refractivity contribution >= 4 is 5.97 Å². The zero-order valence-corrected chi connectivity index (χ0v) is 9.45. The van der Waals surface area contributed by atoms with Gasteiger partial charge < -0.3 is 10.8 Å². The van der Waals surface area contributed by atoms with Gasteiger partial charge in [0.15, 0.2) is 0 Å². The number of hydrogen-bond donors (Lipinski definition) is 2. The van der Waals surface area contributed by atoms with Crippen LogP contribution in [0.25, 0.3) is 0 Å². The van der Waals surface area contributed by atoms with Crippen LogP contribution in [0.4, 0.5) is 0 Å². The van der Waals surface area contributed by atoms with Crippen molar-refractivity contribution in [3.63, 3.8) is 0 Å². The van der Waals surface area contributed by atoms with Crippen molar-refractivity contribution < 1.29 is 9.90 Å². The maximum atomic E-state index is 10.2. The molecule has 0 heterocycles. The molecule has 3 N–H and O–H groups in total. The van der Waals surface area contributed by atoms with Gasteiger partial charge in [0, 0.05) is 13.0 Å². The fourth-order valence-electron chi connectivity index (χ4n) is 1.46. The fraction of sp³-hybridized carbons (Fsp3) is 0.750. The van der Waals surface area contributed by atoms with E-state index in [0.717, 1.165) is 25.7 Å². The van der Waals surface area contributed by atoms with E-state index < -0.39 is 5.97 Å². The first-order valence-electron chi connectivity index (χ1n) is 5.84. The van der Waals surface area contributed by atoms with E-state index in [1.54, 1.807) is 0 Å². The highest BCUT2D eigenvalue weighted by molar-refractivity contribution is 5.66. The van der Waals surface area contributed by atoms with E-state index >= 15 is 0 Å². The first-order chi connectivity index (χ1) is 7.27. The van der Waals surface area contributed by atoms with E-state index in [4.69, 9.17) is 10.8 Å². The van der Waals surface area contributed by atoms with Gasteiger partial charge in [0.1, 0.15) is 0 Å². The Kier molecular flexibility index (Phi) is 10.6. The Bertz CT molecular complexity index is 178. The number of allylic oxidation sites excluding steroid dienone is 1. The summed E-state index contributed by atoms with van der Waals surface area (Å²) in [5, 5.41) is 8.42. The number of carboxylic acid groups (broad SMARTS) is 1. The molecule has 0 aromatic heterocycles. The molecule has 0 amide bonds. The molecule has 0 aromatic rings. The van der Waals surface area contributed by atoms with Gasteiger partial charge in [-0.25, -0.2) is 0 Å². The van der Waals surface area contributed by atoms with Gasteiger partial charge in [-0.3, -0.25) is 4.79 Å². The second-order valence-corrected chi connectivity index (χ2v) is 3.76. The lowest BCUT2D eigenvalue weighted by molar-refractivity contribution is -0.137. The minimum absolute atomic E-state index is 0.319. The third-order valence-corrected chi connectivity index (χ3v) is 2.31. The number of unbranched alkanes of at least 4 members (excludes halogenated alkanes) is 6. The quantitative estimate of drug-likeness (QED) is 0.433. The maximum absolute atomic E-state index is 10.2. The molecule has 0 aliphatic heterocycles. The van der Waals surface area contributed by atoms with Gasteiger partial charge in [-0.1, -0.05) is 37.8 Å². The molecule has 0 saturated carbocycles. The molecule has 0 radical (unpaired) electrons. The van der Waals surface area contributed by atoms with Gasteiger partial charge in [0.25, 0.3) is 0 Å². The normalized spacial score (nSPS) is 11.0. The molecule has 3 heteroatoms. The monoisotopic (exact) mass is 213 g/mol. The van der Waals surface area contributed by atoms with E-state index in [1.165, 1.54) is 19.3 Å². The van der Waals surface area contributed by atoms with E-state index in [0.29, 0.717) is 13.0 Å². The summed E-state index contributed by atoms with van der Waals surface area (Å²) in [6, 6.07) is 0. The molecule has 0 aliphatic rings. The molecule has 0 spiro atoms. The molecular weight excluding hydrogens is 190 g/mol. The topological polar surface area (TPSA) is 63.3 Å². The Morgan fingerprint density at radius 2 is 1.60 bits per heavy atom. The summed E-state index contributed by atoms with van der Waals surface area (Å²) in [5.41, 5.74) is 5.31. The zero-order valence-electron chi connectivity index (χ0n) is 9.45. The standard InChI is InChI=1S/C12H23NO2/c13-11-9-7-5-3-1-2-4-6-8-10-12(14)15/h7,9H,1-6,8,10-11,13H2,(H,14,15)/b9-7+. The molecule has 0 rings (SSSR count). The average Bonchev–Trinajstić information content (AvgIpc) is 2.20. The number of aliphatic carboxylic acids is 1. The highest BCUT2D eigenvalue weighted by atomic mass is 16.4. The van der Waals surface area contributed by atoms with Crippen LogP contribution in [-0.4, -0.2) is 17.6 Å². The number of hydrogen-bond acceptors (Lipinski definition) is 2. The lowest BCUT2D eigenvalue weighted by atomic mass is 10.1. The summed E-state index contributed by atoms with van der Waals surface area (Å²) in [6.07, 6.45) is 12.3. The van der Waals surface area contributed by atoms with Gasteiger partial charge in [-0.2, -0.15) is 0 Å². The smallest absolute Gasteiger partial charge is 0.303 e. The number of carboxylic acids is 1. The van der Waals surface area contributed by atoms with Crippen LogP contribution in [0.3, 0.4) is 0 Å². The summed E-state index contributed by atoms with van der Waals surface area (Å²) in [4.78, 5) is 10.2. The SMILES string of the molecule is NC/C=C/CCCCCCCCC(=O)O. The molecule has 0 aliphatic carbocycles. The first-order valence-corrected chi connectivity index (χ1v) is 5.84. The zero-order chi connectivity index (χ0) is 11.4. The van der Waals surface area contributed by atoms with Gasteiger partial charge >= 0.3 is 5.97 Å². The largest absolute Gasteiger partial charge is 0.481 e.